The Bertz CT molecular complexity index is 564. The summed E-state index contributed by atoms with van der Waals surface area (Å²) in [5, 5.41) is 4.36. The van der Waals surface area contributed by atoms with Crippen molar-refractivity contribution in [1.82, 2.24) is 10.3 Å². The summed E-state index contributed by atoms with van der Waals surface area (Å²) in [6.07, 6.45) is 3.35. The van der Waals surface area contributed by atoms with Gasteiger partial charge in [-0.05, 0) is 31.4 Å². The van der Waals surface area contributed by atoms with Crippen LogP contribution in [0.2, 0.25) is 0 Å². The highest BCUT2D eigenvalue weighted by Gasteiger charge is 2.30. The van der Waals surface area contributed by atoms with Gasteiger partial charge >= 0.3 is 0 Å². The van der Waals surface area contributed by atoms with E-state index in [0.29, 0.717) is 17.1 Å². The molecule has 1 aliphatic carbocycles. The minimum atomic E-state index is 0.378. The molecule has 0 amide bonds. The van der Waals surface area contributed by atoms with Gasteiger partial charge in [0.2, 0.25) is 0 Å². The fraction of sp³-hybridized carbons (Fsp3) is 0.438. The second-order valence-corrected chi connectivity index (χ2v) is 6.53. The van der Waals surface area contributed by atoms with Crippen LogP contribution in [0.5, 0.6) is 0 Å². The summed E-state index contributed by atoms with van der Waals surface area (Å²) >= 11 is 1.65. The van der Waals surface area contributed by atoms with E-state index in [1.807, 2.05) is 0 Å². The highest BCUT2D eigenvalue weighted by Crippen LogP contribution is 2.39. The molecule has 2 aromatic rings. The van der Waals surface area contributed by atoms with Crippen molar-refractivity contribution in [3.63, 3.8) is 0 Å². The number of rotatable bonds is 4. The first-order chi connectivity index (χ1) is 9.78. The van der Waals surface area contributed by atoms with E-state index in [2.05, 4.69) is 47.6 Å². The summed E-state index contributed by atoms with van der Waals surface area (Å²) in [4.78, 5) is 5.95. The number of nitrogens with two attached hydrogens (primary N) is 1. The monoisotopic (exact) mass is 287 g/mol. The molecule has 0 aliphatic heterocycles. The molecule has 0 saturated heterocycles. The average molecular weight is 287 g/mol. The number of benzene rings is 1. The Morgan fingerprint density at radius 3 is 2.90 bits per heavy atom. The first kappa shape index (κ1) is 13.6. The zero-order valence-electron chi connectivity index (χ0n) is 11.8. The number of nitrogens with zero attached hydrogens (tertiary/aromatic N) is 1. The maximum Gasteiger partial charge on any atom is 0.180 e. The van der Waals surface area contributed by atoms with Crippen LogP contribution in [-0.4, -0.2) is 17.6 Å². The molecule has 2 unspecified atom stereocenters. The van der Waals surface area contributed by atoms with Crippen LogP contribution in [0.4, 0.5) is 5.13 Å². The van der Waals surface area contributed by atoms with Crippen LogP contribution in [0.1, 0.15) is 41.8 Å². The fourth-order valence-electron chi connectivity index (χ4n) is 2.99. The van der Waals surface area contributed by atoms with Gasteiger partial charge in [-0.25, -0.2) is 4.98 Å². The van der Waals surface area contributed by atoms with Crippen molar-refractivity contribution in [2.45, 2.75) is 38.1 Å². The number of hydrogen-bond acceptors (Lipinski definition) is 4. The van der Waals surface area contributed by atoms with E-state index in [1.54, 1.807) is 11.3 Å². The summed E-state index contributed by atoms with van der Waals surface area (Å²) in [5.74, 6) is 0.378. The lowest BCUT2D eigenvalue weighted by atomic mass is 9.82. The van der Waals surface area contributed by atoms with E-state index in [1.165, 1.54) is 22.6 Å². The van der Waals surface area contributed by atoms with Crippen LogP contribution in [0.15, 0.2) is 30.3 Å². The van der Waals surface area contributed by atoms with Gasteiger partial charge in [-0.15, -0.1) is 11.3 Å². The van der Waals surface area contributed by atoms with E-state index < -0.39 is 0 Å². The molecule has 0 spiro atoms. The Hall–Kier alpha value is -1.39. The molecule has 20 heavy (non-hydrogen) atoms. The van der Waals surface area contributed by atoms with E-state index >= 15 is 0 Å². The largest absolute Gasteiger partial charge is 0.375 e. The molecule has 1 aromatic heterocycles. The molecular weight excluding hydrogens is 266 g/mol. The lowest BCUT2D eigenvalue weighted by Gasteiger charge is -2.29. The molecular formula is C16H21N3S. The van der Waals surface area contributed by atoms with Crippen molar-refractivity contribution in [3.05, 3.63) is 46.5 Å². The number of thiazole rings is 1. The van der Waals surface area contributed by atoms with Gasteiger partial charge in [0.15, 0.2) is 5.13 Å². The minimum absolute atomic E-state index is 0.378. The smallest absolute Gasteiger partial charge is 0.180 e. The normalized spacial score (nSPS) is 21.6. The third-order valence-electron chi connectivity index (χ3n) is 3.91. The molecule has 1 aliphatic rings. The van der Waals surface area contributed by atoms with Crippen LogP contribution in [0, 0.1) is 0 Å². The fourth-order valence-corrected chi connectivity index (χ4v) is 3.96. The highest BCUT2D eigenvalue weighted by molar-refractivity contribution is 7.15. The van der Waals surface area contributed by atoms with Gasteiger partial charge in [-0.2, -0.15) is 0 Å². The second-order valence-electron chi connectivity index (χ2n) is 5.41. The zero-order chi connectivity index (χ0) is 13.9. The maximum absolute atomic E-state index is 5.93. The number of nitrogen functional groups attached to an aromatic ring is 1. The third-order valence-corrected chi connectivity index (χ3v) is 4.83. The number of aromatic nitrogens is 1. The molecule has 106 valence electrons. The van der Waals surface area contributed by atoms with Gasteiger partial charge in [0.05, 0.1) is 5.69 Å². The van der Waals surface area contributed by atoms with Crippen LogP contribution in [0.25, 0.3) is 0 Å². The van der Waals surface area contributed by atoms with Gasteiger partial charge < -0.3 is 11.1 Å². The van der Waals surface area contributed by atoms with Gasteiger partial charge in [-0.1, -0.05) is 37.3 Å². The third kappa shape index (κ3) is 2.72. The molecule has 3 N–H and O–H groups in total. The van der Waals surface area contributed by atoms with Crippen molar-refractivity contribution in [2.24, 2.45) is 0 Å². The number of fused-ring (bicyclic) bond motifs is 1. The Kier molecular flexibility index (Phi) is 4.03. The summed E-state index contributed by atoms with van der Waals surface area (Å²) < 4.78 is 0. The number of hydrogen-bond donors (Lipinski definition) is 2. The molecule has 4 heteroatoms. The van der Waals surface area contributed by atoms with Crippen molar-refractivity contribution < 1.29 is 0 Å². The number of nitrogens with one attached hydrogen (secondary N) is 1. The van der Waals surface area contributed by atoms with Crippen molar-refractivity contribution in [3.8, 4) is 0 Å². The summed E-state index contributed by atoms with van der Waals surface area (Å²) in [6, 6.07) is 11.2. The Morgan fingerprint density at radius 1 is 1.35 bits per heavy atom. The van der Waals surface area contributed by atoms with Crippen molar-refractivity contribution in [1.29, 1.82) is 0 Å². The molecule has 1 aromatic carbocycles. The molecule has 0 fully saturated rings. The van der Waals surface area contributed by atoms with Crippen LogP contribution in [0.3, 0.4) is 0 Å². The topological polar surface area (TPSA) is 50.9 Å². The Labute approximate surface area is 124 Å². The predicted octanol–water partition coefficient (Wildman–Crippen LogP) is 3.17. The van der Waals surface area contributed by atoms with E-state index in [0.717, 1.165) is 19.4 Å². The first-order valence-corrected chi connectivity index (χ1v) is 8.13. The van der Waals surface area contributed by atoms with Gasteiger partial charge in [-0.3, -0.25) is 0 Å². The zero-order valence-corrected chi connectivity index (χ0v) is 12.6. The van der Waals surface area contributed by atoms with Gasteiger partial charge in [0, 0.05) is 16.8 Å². The Morgan fingerprint density at radius 2 is 2.15 bits per heavy atom. The van der Waals surface area contributed by atoms with Crippen LogP contribution < -0.4 is 11.1 Å². The SMILES string of the molecule is CCCNC1Cc2sc(N)nc2C(c2ccccc2)C1. The van der Waals surface area contributed by atoms with Gasteiger partial charge in [0.25, 0.3) is 0 Å². The molecule has 0 bridgehead atoms. The molecule has 0 saturated carbocycles. The molecule has 3 nitrogen and oxygen atoms in total. The lowest BCUT2D eigenvalue weighted by Crippen LogP contribution is -2.36. The first-order valence-electron chi connectivity index (χ1n) is 7.31. The second kappa shape index (κ2) is 5.94. The summed E-state index contributed by atoms with van der Waals surface area (Å²) in [7, 11) is 0. The highest BCUT2D eigenvalue weighted by atomic mass is 32.1. The van der Waals surface area contributed by atoms with E-state index in [9.17, 15) is 0 Å². The van der Waals surface area contributed by atoms with Crippen LogP contribution >= 0.6 is 11.3 Å². The lowest BCUT2D eigenvalue weighted by molar-refractivity contribution is 0.434. The molecule has 0 radical (unpaired) electrons. The van der Waals surface area contributed by atoms with Crippen molar-refractivity contribution in [2.75, 3.05) is 12.3 Å². The molecule has 3 rings (SSSR count). The Balaban J connectivity index is 1.91. The predicted molar refractivity (Wildman–Crippen MR) is 85.2 cm³/mol. The quantitative estimate of drug-likeness (QED) is 0.908. The van der Waals surface area contributed by atoms with Crippen molar-refractivity contribution >= 4 is 16.5 Å². The summed E-state index contributed by atoms with van der Waals surface area (Å²) in [6.45, 7) is 3.29. The average Bonchev–Trinajstić information content (AvgIpc) is 2.85. The van der Waals surface area contributed by atoms with Gasteiger partial charge in [0.1, 0.15) is 0 Å². The summed E-state index contributed by atoms with van der Waals surface area (Å²) in [5.41, 5.74) is 8.48. The standard InChI is InChI=1S/C16H21N3S/c1-2-8-18-12-9-13(11-6-4-3-5-7-11)15-14(10-12)20-16(17)19-15/h3-7,12-13,18H,2,8-10H2,1H3,(H2,17,19). The molecule has 1 heterocycles. The maximum atomic E-state index is 5.93. The minimum Gasteiger partial charge on any atom is -0.375 e. The number of anilines is 1. The van der Waals surface area contributed by atoms with Crippen LogP contribution in [-0.2, 0) is 6.42 Å². The molecule has 2 atom stereocenters. The van der Waals surface area contributed by atoms with E-state index in [-0.39, 0.29) is 0 Å². The van der Waals surface area contributed by atoms with E-state index in [4.69, 9.17) is 5.73 Å².